The second-order valence-electron chi connectivity index (χ2n) is 6.64. The summed E-state index contributed by atoms with van der Waals surface area (Å²) in [4.78, 5) is 40.7. The van der Waals surface area contributed by atoms with Crippen LogP contribution < -0.4 is 22.1 Å². The molecule has 6 N–H and O–H groups in total. The number of hydrogen-bond acceptors (Lipinski definition) is 9. The molecule has 1 aliphatic rings. The maximum Gasteiger partial charge on any atom is 0.223 e. The highest BCUT2D eigenvalue weighted by atomic mass is 35.5. The van der Waals surface area contributed by atoms with Crippen molar-refractivity contribution in [2.75, 3.05) is 49.1 Å². The standard InChI is InChI=1S/C18H23ClN8O2/c19-16-18(22)25-17(21)15(24-16)13(28)9-11-10-23-4-2-12(11)26-5-7-27(8-6-26)14(29)1-3-20/h2,4,10H,1,3,5-9,20H2,(H4,21,22,25). The Labute approximate surface area is 173 Å². The highest BCUT2D eigenvalue weighted by molar-refractivity contribution is 6.31. The summed E-state index contributed by atoms with van der Waals surface area (Å²) in [6.07, 6.45) is 3.70. The van der Waals surface area contributed by atoms with Crippen LogP contribution in [-0.2, 0) is 11.2 Å². The minimum atomic E-state index is -0.331. The third-order valence-electron chi connectivity index (χ3n) is 4.73. The van der Waals surface area contributed by atoms with Crippen LogP contribution in [0.15, 0.2) is 18.5 Å². The number of nitrogens with zero attached hydrogens (tertiary/aromatic N) is 5. The van der Waals surface area contributed by atoms with Crippen LogP contribution in [0.2, 0.25) is 5.15 Å². The van der Waals surface area contributed by atoms with Crippen molar-refractivity contribution in [3.8, 4) is 0 Å². The molecule has 3 rings (SSSR count). The van der Waals surface area contributed by atoms with Crippen molar-refractivity contribution in [1.29, 1.82) is 0 Å². The number of carbonyl (C=O) groups excluding carboxylic acids is 2. The normalized spacial score (nSPS) is 14.1. The summed E-state index contributed by atoms with van der Waals surface area (Å²) in [5, 5.41) is -0.0628. The van der Waals surface area contributed by atoms with Gasteiger partial charge in [-0.2, -0.15) is 0 Å². The highest BCUT2D eigenvalue weighted by Crippen LogP contribution is 2.24. The number of ketones is 1. The highest BCUT2D eigenvalue weighted by Gasteiger charge is 2.24. The topological polar surface area (TPSA) is 157 Å². The van der Waals surface area contributed by atoms with Gasteiger partial charge >= 0.3 is 0 Å². The van der Waals surface area contributed by atoms with Gasteiger partial charge in [-0.25, -0.2) is 9.97 Å². The molecule has 0 spiro atoms. The maximum absolute atomic E-state index is 12.8. The van der Waals surface area contributed by atoms with Crippen molar-refractivity contribution in [2.45, 2.75) is 12.8 Å². The first-order chi connectivity index (χ1) is 13.9. The van der Waals surface area contributed by atoms with Crippen molar-refractivity contribution in [3.05, 3.63) is 34.9 Å². The van der Waals surface area contributed by atoms with Gasteiger partial charge in [0.2, 0.25) is 5.91 Å². The molecule has 0 aliphatic carbocycles. The first kappa shape index (κ1) is 20.7. The number of anilines is 3. The molecule has 11 heteroatoms. The lowest BCUT2D eigenvalue weighted by molar-refractivity contribution is -0.131. The van der Waals surface area contributed by atoms with Crippen molar-refractivity contribution in [2.24, 2.45) is 5.73 Å². The minimum Gasteiger partial charge on any atom is -0.382 e. The van der Waals surface area contributed by atoms with Gasteiger partial charge < -0.3 is 27.0 Å². The van der Waals surface area contributed by atoms with Gasteiger partial charge in [-0.3, -0.25) is 14.6 Å². The van der Waals surface area contributed by atoms with Gasteiger partial charge in [0.1, 0.15) is 0 Å². The van der Waals surface area contributed by atoms with Gasteiger partial charge in [0.25, 0.3) is 0 Å². The van der Waals surface area contributed by atoms with E-state index >= 15 is 0 Å². The molecule has 0 saturated carbocycles. The largest absolute Gasteiger partial charge is 0.382 e. The fraction of sp³-hybridized carbons (Fsp3) is 0.389. The predicted molar refractivity (Wildman–Crippen MR) is 111 cm³/mol. The molecule has 2 aromatic rings. The number of pyridine rings is 1. The number of aromatic nitrogens is 3. The van der Waals surface area contributed by atoms with E-state index in [-0.39, 0.29) is 40.6 Å². The zero-order valence-electron chi connectivity index (χ0n) is 15.8. The zero-order chi connectivity index (χ0) is 21.0. The van der Waals surface area contributed by atoms with E-state index in [9.17, 15) is 9.59 Å². The van der Waals surface area contributed by atoms with E-state index in [4.69, 9.17) is 28.8 Å². The molecular formula is C18H23ClN8O2. The van der Waals surface area contributed by atoms with E-state index in [1.54, 1.807) is 12.4 Å². The summed E-state index contributed by atoms with van der Waals surface area (Å²) in [5.41, 5.74) is 18.4. The molecule has 1 amide bonds. The summed E-state index contributed by atoms with van der Waals surface area (Å²) in [7, 11) is 0. The summed E-state index contributed by atoms with van der Waals surface area (Å²) in [6, 6.07) is 1.85. The van der Waals surface area contributed by atoms with Crippen LogP contribution in [-0.4, -0.2) is 64.3 Å². The van der Waals surface area contributed by atoms with Crippen LogP contribution in [0.5, 0.6) is 0 Å². The SMILES string of the molecule is NCCC(=O)N1CCN(c2ccncc2CC(=O)c2nc(Cl)c(N)nc2N)CC1. The summed E-state index contributed by atoms with van der Waals surface area (Å²) in [5.74, 6) is -0.353. The molecule has 1 fully saturated rings. The second-order valence-corrected chi connectivity index (χ2v) is 7.00. The predicted octanol–water partition coefficient (Wildman–Crippen LogP) is 0.112. The molecule has 2 aromatic heterocycles. The number of amides is 1. The number of piperazine rings is 1. The lowest BCUT2D eigenvalue weighted by Gasteiger charge is -2.37. The average molecular weight is 419 g/mol. The van der Waals surface area contributed by atoms with Gasteiger partial charge in [-0.05, 0) is 6.07 Å². The quantitative estimate of drug-likeness (QED) is 0.553. The van der Waals surface area contributed by atoms with E-state index in [1.807, 2.05) is 11.0 Å². The van der Waals surface area contributed by atoms with E-state index in [1.165, 1.54) is 0 Å². The number of halogens is 1. The number of carbonyl (C=O) groups is 2. The summed E-state index contributed by atoms with van der Waals surface area (Å²) < 4.78 is 0. The second kappa shape index (κ2) is 9.01. The van der Waals surface area contributed by atoms with Crippen molar-refractivity contribution in [1.82, 2.24) is 19.9 Å². The third kappa shape index (κ3) is 4.72. The number of hydrogen-bond donors (Lipinski definition) is 3. The molecule has 0 atom stereocenters. The van der Waals surface area contributed by atoms with Gasteiger partial charge in [0, 0.05) is 69.2 Å². The average Bonchev–Trinajstić information content (AvgIpc) is 2.71. The van der Waals surface area contributed by atoms with Gasteiger partial charge in [-0.1, -0.05) is 11.6 Å². The Kier molecular flexibility index (Phi) is 6.45. The lowest BCUT2D eigenvalue weighted by Crippen LogP contribution is -2.49. The van der Waals surface area contributed by atoms with Crippen LogP contribution in [0, 0.1) is 0 Å². The van der Waals surface area contributed by atoms with Crippen molar-refractivity contribution < 1.29 is 9.59 Å². The Morgan fingerprint density at radius 2 is 1.83 bits per heavy atom. The molecule has 3 heterocycles. The Morgan fingerprint density at radius 1 is 1.10 bits per heavy atom. The maximum atomic E-state index is 12.8. The molecule has 0 radical (unpaired) electrons. The summed E-state index contributed by atoms with van der Waals surface area (Å²) >= 11 is 5.88. The van der Waals surface area contributed by atoms with Gasteiger partial charge in [0.05, 0.1) is 0 Å². The molecule has 154 valence electrons. The van der Waals surface area contributed by atoms with E-state index in [2.05, 4.69) is 19.9 Å². The van der Waals surface area contributed by atoms with Crippen LogP contribution in [0.3, 0.4) is 0 Å². The molecule has 0 bridgehead atoms. The third-order valence-corrected chi connectivity index (χ3v) is 5.01. The fourth-order valence-electron chi connectivity index (χ4n) is 3.25. The molecule has 1 saturated heterocycles. The van der Waals surface area contributed by atoms with Crippen molar-refractivity contribution >= 4 is 40.6 Å². The first-order valence-corrected chi connectivity index (χ1v) is 9.56. The van der Waals surface area contributed by atoms with E-state index < -0.39 is 0 Å². The Balaban J connectivity index is 1.74. The Hall–Kier alpha value is -2.98. The fourth-order valence-corrected chi connectivity index (χ4v) is 3.37. The Morgan fingerprint density at radius 3 is 2.52 bits per heavy atom. The van der Waals surface area contributed by atoms with Crippen LogP contribution in [0.1, 0.15) is 22.5 Å². The van der Waals surface area contributed by atoms with Crippen LogP contribution >= 0.6 is 11.6 Å². The number of rotatable bonds is 6. The molecule has 0 aromatic carbocycles. The molecule has 1 aliphatic heterocycles. The monoisotopic (exact) mass is 418 g/mol. The lowest BCUT2D eigenvalue weighted by atomic mass is 10.1. The molecule has 0 unspecified atom stereocenters. The number of nitrogen functional groups attached to an aromatic ring is 2. The van der Waals surface area contributed by atoms with Crippen LogP contribution in [0.25, 0.3) is 0 Å². The van der Waals surface area contributed by atoms with Gasteiger partial charge in [0.15, 0.2) is 28.3 Å². The van der Waals surface area contributed by atoms with Crippen LogP contribution in [0.4, 0.5) is 17.3 Å². The minimum absolute atomic E-state index is 0.0174. The molecular weight excluding hydrogens is 396 g/mol. The van der Waals surface area contributed by atoms with Crippen molar-refractivity contribution in [3.63, 3.8) is 0 Å². The zero-order valence-corrected chi connectivity index (χ0v) is 16.6. The van der Waals surface area contributed by atoms with E-state index in [0.717, 1.165) is 11.3 Å². The first-order valence-electron chi connectivity index (χ1n) is 9.18. The molecule has 29 heavy (non-hydrogen) atoms. The summed E-state index contributed by atoms with van der Waals surface area (Å²) in [6.45, 7) is 2.84. The number of Topliss-reactive ketones (excluding diaryl/α,β-unsaturated/α-hetero) is 1. The Bertz CT molecular complexity index is 915. The van der Waals surface area contributed by atoms with E-state index in [0.29, 0.717) is 39.1 Å². The smallest absolute Gasteiger partial charge is 0.223 e. The molecule has 10 nitrogen and oxygen atoms in total. The number of nitrogens with two attached hydrogens (primary N) is 3. The van der Waals surface area contributed by atoms with Gasteiger partial charge in [-0.15, -0.1) is 0 Å².